The molecule has 11 heteroatoms. The number of morpholine rings is 1. The van der Waals surface area contributed by atoms with Crippen LogP contribution in [0.15, 0.2) is 71.0 Å². The lowest BCUT2D eigenvalue weighted by atomic mass is 9.90. The minimum atomic E-state index is -3.84. The first kappa shape index (κ1) is 28.4. The molecule has 0 radical (unpaired) electrons. The molecular formula is C27H35N3O6S2. The molecule has 2 atom stereocenters. The summed E-state index contributed by atoms with van der Waals surface area (Å²) in [5, 5.41) is 1.06. The molecule has 2 saturated heterocycles. The number of hydrogen-bond donors (Lipinski definition) is 1. The number of amides is 1. The minimum absolute atomic E-state index is 0.000722. The summed E-state index contributed by atoms with van der Waals surface area (Å²) in [6, 6.07) is 15.8. The molecule has 2 aliphatic heterocycles. The molecule has 2 aromatic carbocycles. The van der Waals surface area contributed by atoms with Crippen LogP contribution in [0, 0.1) is 0 Å². The molecule has 2 unspecified atom stereocenters. The Bertz CT molecular complexity index is 1320. The van der Waals surface area contributed by atoms with Crippen molar-refractivity contribution in [1.29, 1.82) is 0 Å². The maximum absolute atomic E-state index is 13.5. The second kappa shape index (κ2) is 12.5. The lowest BCUT2D eigenvalue weighted by molar-refractivity contribution is -0.136. The first-order chi connectivity index (χ1) is 18.2. The van der Waals surface area contributed by atoms with Gasteiger partial charge in [-0.15, -0.1) is 0 Å². The molecule has 2 aliphatic rings. The molecule has 0 spiro atoms. The van der Waals surface area contributed by atoms with Crippen molar-refractivity contribution in [3.8, 4) is 0 Å². The van der Waals surface area contributed by atoms with E-state index in [4.69, 9.17) is 4.74 Å². The Morgan fingerprint density at radius 1 is 1.03 bits per heavy atom. The molecule has 0 aromatic heterocycles. The Labute approximate surface area is 225 Å². The fraction of sp³-hybridized carbons (Fsp3) is 0.444. The van der Waals surface area contributed by atoms with Gasteiger partial charge >= 0.3 is 0 Å². The first-order valence-electron chi connectivity index (χ1n) is 12.9. The van der Waals surface area contributed by atoms with Gasteiger partial charge in [0.1, 0.15) is 0 Å². The molecule has 38 heavy (non-hydrogen) atoms. The Morgan fingerprint density at radius 3 is 2.37 bits per heavy atom. The van der Waals surface area contributed by atoms with E-state index >= 15 is 0 Å². The molecule has 0 aliphatic carbocycles. The van der Waals surface area contributed by atoms with Crippen molar-refractivity contribution in [3.63, 3.8) is 0 Å². The van der Waals surface area contributed by atoms with E-state index in [1.165, 1.54) is 10.4 Å². The van der Waals surface area contributed by atoms with Crippen LogP contribution in [0.3, 0.4) is 0 Å². The van der Waals surface area contributed by atoms with Crippen molar-refractivity contribution in [2.24, 2.45) is 0 Å². The highest BCUT2D eigenvalue weighted by atomic mass is 32.2. The van der Waals surface area contributed by atoms with E-state index < -0.39 is 32.0 Å². The Hall–Kier alpha value is -2.57. The number of nitrogens with zero attached hydrogens (tertiary/aromatic N) is 2. The predicted octanol–water partition coefficient (Wildman–Crippen LogP) is 2.48. The second-order valence-electron chi connectivity index (χ2n) is 9.52. The van der Waals surface area contributed by atoms with Gasteiger partial charge in [0.25, 0.3) is 0 Å². The van der Waals surface area contributed by atoms with Gasteiger partial charge in [0.2, 0.25) is 26.0 Å². The highest BCUT2D eigenvalue weighted by Crippen LogP contribution is 2.29. The van der Waals surface area contributed by atoms with Crippen LogP contribution in [0.5, 0.6) is 0 Å². The standard InChI is InChI=1S/C27H35N3O6S2/c1-2-19-37(32,33)28-21-24-9-6-14-30(24)38(34,35)25-12-10-23(11-13-25)26(20-22-7-4-3-5-8-22)27(31)29-15-17-36-18-16-29/h2-5,7-8,10-13,19,24,26,28H,6,9,14-18,20-21H2,1H3/b19-2+. The van der Waals surface area contributed by atoms with Gasteiger partial charge in [-0.3, -0.25) is 4.79 Å². The van der Waals surface area contributed by atoms with Crippen LogP contribution in [-0.4, -0.2) is 77.4 Å². The van der Waals surface area contributed by atoms with Crippen molar-refractivity contribution in [1.82, 2.24) is 13.9 Å². The summed E-state index contributed by atoms with van der Waals surface area (Å²) in [5.41, 5.74) is 1.78. The molecule has 0 bridgehead atoms. The Balaban J connectivity index is 1.54. The van der Waals surface area contributed by atoms with Crippen LogP contribution in [0.25, 0.3) is 0 Å². The topological polar surface area (TPSA) is 113 Å². The van der Waals surface area contributed by atoms with Crippen LogP contribution in [-0.2, 0) is 36.0 Å². The van der Waals surface area contributed by atoms with Crippen LogP contribution in [0.2, 0.25) is 0 Å². The number of carbonyl (C=O) groups excluding carboxylic acids is 1. The van der Waals surface area contributed by atoms with Crippen molar-refractivity contribution in [3.05, 3.63) is 77.2 Å². The van der Waals surface area contributed by atoms with Crippen molar-refractivity contribution in [2.75, 3.05) is 39.4 Å². The van der Waals surface area contributed by atoms with Gasteiger partial charge in [0.05, 0.1) is 24.0 Å². The normalized spacial score (nSPS) is 20.1. The van der Waals surface area contributed by atoms with Gasteiger partial charge in [-0.25, -0.2) is 21.6 Å². The summed E-state index contributed by atoms with van der Waals surface area (Å²) in [7, 11) is -7.45. The number of hydrogen-bond acceptors (Lipinski definition) is 6. The van der Waals surface area contributed by atoms with Crippen LogP contribution < -0.4 is 4.72 Å². The smallest absolute Gasteiger partial charge is 0.243 e. The van der Waals surface area contributed by atoms with Crippen molar-refractivity contribution in [2.45, 2.75) is 43.0 Å². The highest BCUT2D eigenvalue weighted by molar-refractivity contribution is 7.92. The number of benzene rings is 2. The number of rotatable bonds is 10. The van der Waals surface area contributed by atoms with Gasteiger partial charge < -0.3 is 9.64 Å². The monoisotopic (exact) mass is 561 g/mol. The Kier molecular flexibility index (Phi) is 9.37. The largest absolute Gasteiger partial charge is 0.378 e. The second-order valence-corrected chi connectivity index (χ2v) is 13.1. The predicted molar refractivity (Wildman–Crippen MR) is 145 cm³/mol. The molecule has 2 fully saturated rings. The third kappa shape index (κ3) is 6.89. The quantitative estimate of drug-likeness (QED) is 0.477. The molecule has 2 heterocycles. The number of nitrogens with one attached hydrogen (secondary N) is 1. The van der Waals surface area contributed by atoms with E-state index in [2.05, 4.69) is 4.72 Å². The average molecular weight is 562 g/mol. The molecule has 0 saturated carbocycles. The summed E-state index contributed by atoms with van der Waals surface area (Å²) in [4.78, 5) is 15.5. The zero-order valence-electron chi connectivity index (χ0n) is 21.5. The molecule has 1 N–H and O–H groups in total. The van der Waals surface area contributed by atoms with E-state index in [-0.39, 0.29) is 17.3 Å². The van der Waals surface area contributed by atoms with Gasteiger partial charge in [-0.05, 0) is 49.4 Å². The lowest BCUT2D eigenvalue weighted by Crippen LogP contribution is -2.43. The van der Waals surface area contributed by atoms with E-state index in [9.17, 15) is 21.6 Å². The van der Waals surface area contributed by atoms with Crippen LogP contribution in [0.1, 0.15) is 36.8 Å². The molecule has 206 valence electrons. The van der Waals surface area contributed by atoms with E-state index in [1.807, 2.05) is 35.2 Å². The molecule has 1 amide bonds. The van der Waals surface area contributed by atoms with Crippen molar-refractivity contribution < 1.29 is 26.4 Å². The molecule has 9 nitrogen and oxygen atoms in total. The maximum Gasteiger partial charge on any atom is 0.243 e. The lowest BCUT2D eigenvalue weighted by Gasteiger charge is -2.31. The van der Waals surface area contributed by atoms with Crippen molar-refractivity contribution >= 4 is 26.0 Å². The summed E-state index contributed by atoms with van der Waals surface area (Å²) in [5.74, 6) is -0.450. The Morgan fingerprint density at radius 2 is 1.71 bits per heavy atom. The van der Waals surface area contributed by atoms with Gasteiger partial charge in [0.15, 0.2) is 0 Å². The third-order valence-electron chi connectivity index (χ3n) is 6.95. The number of allylic oxidation sites excluding steroid dienone is 1. The first-order valence-corrected chi connectivity index (χ1v) is 15.8. The van der Waals surface area contributed by atoms with Gasteiger partial charge in [0, 0.05) is 37.6 Å². The number of sulfonamides is 2. The summed E-state index contributed by atoms with van der Waals surface area (Å²) >= 11 is 0. The van der Waals surface area contributed by atoms with Crippen LogP contribution >= 0.6 is 0 Å². The maximum atomic E-state index is 13.5. The highest BCUT2D eigenvalue weighted by Gasteiger charge is 2.36. The SMILES string of the molecule is C/C=C/S(=O)(=O)NCC1CCCN1S(=O)(=O)c1ccc(C(Cc2ccccc2)C(=O)N2CCOCC2)cc1. The zero-order valence-corrected chi connectivity index (χ0v) is 23.2. The minimum Gasteiger partial charge on any atom is -0.378 e. The average Bonchev–Trinajstić information content (AvgIpc) is 3.41. The fourth-order valence-electron chi connectivity index (χ4n) is 4.98. The summed E-state index contributed by atoms with van der Waals surface area (Å²) in [6.07, 6.45) is 3.15. The fourth-order valence-corrected chi connectivity index (χ4v) is 7.55. The summed E-state index contributed by atoms with van der Waals surface area (Å²) in [6.45, 7) is 4.01. The molecule has 2 aromatic rings. The van der Waals surface area contributed by atoms with E-state index in [0.29, 0.717) is 52.1 Å². The third-order valence-corrected chi connectivity index (χ3v) is 10.1. The summed E-state index contributed by atoms with van der Waals surface area (Å²) < 4.78 is 60.3. The molecular weight excluding hydrogens is 526 g/mol. The number of carbonyl (C=O) groups is 1. The van der Waals surface area contributed by atoms with Gasteiger partial charge in [-0.1, -0.05) is 48.5 Å². The molecule has 4 rings (SSSR count). The van der Waals surface area contributed by atoms with E-state index in [1.54, 1.807) is 31.2 Å². The van der Waals surface area contributed by atoms with Crippen LogP contribution in [0.4, 0.5) is 0 Å². The zero-order chi connectivity index (χ0) is 27.2. The van der Waals surface area contributed by atoms with E-state index in [0.717, 1.165) is 16.5 Å². The van der Waals surface area contributed by atoms with Gasteiger partial charge in [-0.2, -0.15) is 4.31 Å². The number of ether oxygens (including phenoxy) is 1.